The Morgan fingerprint density at radius 3 is 2.48 bits per heavy atom. The minimum Gasteiger partial charge on any atom is -0.459 e. The van der Waals surface area contributed by atoms with Crippen LogP contribution >= 0.6 is 0 Å². The molecule has 4 aromatic rings. The molecule has 2 aromatic carbocycles. The Bertz CT molecular complexity index is 1180. The van der Waals surface area contributed by atoms with Gasteiger partial charge < -0.3 is 14.3 Å². The molecule has 5 heteroatoms. The third-order valence-corrected chi connectivity index (χ3v) is 6.00. The molecular formula is C28H33N3O2. The lowest BCUT2D eigenvalue weighted by Gasteiger charge is -2.19. The highest BCUT2D eigenvalue weighted by Gasteiger charge is 2.14. The fourth-order valence-corrected chi connectivity index (χ4v) is 4.07. The topological polar surface area (TPSA) is 60.1 Å². The maximum absolute atomic E-state index is 11.9. The van der Waals surface area contributed by atoms with Gasteiger partial charge in [-0.1, -0.05) is 63.6 Å². The van der Waals surface area contributed by atoms with Crippen LogP contribution in [-0.2, 0) is 18.4 Å². The molecule has 0 aliphatic rings. The monoisotopic (exact) mass is 443 g/mol. The molecule has 0 bridgehead atoms. The van der Waals surface area contributed by atoms with Crippen LogP contribution < -0.4 is 5.32 Å². The van der Waals surface area contributed by atoms with Crippen LogP contribution in [0.2, 0.25) is 0 Å². The Kier molecular flexibility index (Phi) is 6.97. The van der Waals surface area contributed by atoms with E-state index in [0.717, 1.165) is 43.6 Å². The number of benzene rings is 2. The number of nitrogens with one attached hydrogen (secondary N) is 1. The summed E-state index contributed by atoms with van der Waals surface area (Å²) < 4.78 is 7.47. The van der Waals surface area contributed by atoms with Gasteiger partial charge in [-0.2, -0.15) is 0 Å². The molecule has 1 amide bonds. The molecular weight excluding hydrogens is 410 g/mol. The summed E-state index contributed by atoms with van der Waals surface area (Å²) in [6, 6.07) is 20.7. The largest absolute Gasteiger partial charge is 0.459 e. The van der Waals surface area contributed by atoms with Crippen molar-refractivity contribution in [1.29, 1.82) is 0 Å². The van der Waals surface area contributed by atoms with E-state index in [1.807, 2.05) is 6.07 Å². The van der Waals surface area contributed by atoms with Crippen molar-refractivity contribution in [1.82, 2.24) is 14.9 Å². The lowest BCUT2D eigenvalue weighted by atomic mass is 9.87. The zero-order valence-corrected chi connectivity index (χ0v) is 19.8. The quantitative estimate of drug-likeness (QED) is 0.317. The number of hydrogen-bond acceptors (Lipinski definition) is 3. The Morgan fingerprint density at radius 2 is 1.76 bits per heavy atom. The molecule has 2 heterocycles. The van der Waals surface area contributed by atoms with Crippen LogP contribution in [0.3, 0.4) is 0 Å². The second kappa shape index (κ2) is 10.1. The van der Waals surface area contributed by atoms with E-state index >= 15 is 0 Å². The number of amides is 1. The summed E-state index contributed by atoms with van der Waals surface area (Å²) in [7, 11) is 0. The predicted molar refractivity (Wildman–Crippen MR) is 133 cm³/mol. The van der Waals surface area contributed by atoms with E-state index in [2.05, 4.69) is 73.1 Å². The first-order valence-corrected chi connectivity index (χ1v) is 11.8. The van der Waals surface area contributed by atoms with Crippen molar-refractivity contribution in [3.05, 3.63) is 89.6 Å². The number of carbonyl (C=O) groups excluding carboxylic acids is 1. The number of nitrogens with zero attached hydrogens (tertiary/aromatic N) is 2. The molecule has 0 atom stereocenters. The van der Waals surface area contributed by atoms with Gasteiger partial charge in [0, 0.05) is 19.5 Å². The van der Waals surface area contributed by atoms with Gasteiger partial charge in [0.1, 0.15) is 5.82 Å². The van der Waals surface area contributed by atoms with Gasteiger partial charge in [-0.3, -0.25) is 4.79 Å². The number of imidazole rings is 1. The molecule has 2 aromatic heterocycles. The summed E-state index contributed by atoms with van der Waals surface area (Å²) in [5.74, 6) is 1.33. The number of fused-ring (bicyclic) bond motifs is 1. The first-order valence-electron chi connectivity index (χ1n) is 11.8. The summed E-state index contributed by atoms with van der Waals surface area (Å²) >= 11 is 0. The average molecular weight is 444 g/mol. The molecule has 0 unspecified atom stereocenters. The van der Waals surface area contributed by atoms with Crippen LogP contribution in [0.5, 0.6) is 0 Å². The fourth-order valence-electron chi connectivity index (χ4n) is 4.07. The summed E-state index contributed by atoms with van der Waals surface area (Å²) in [5.41, 5.74) is 5.01. The molecule has 4 rings (SSSR count). The van der Waals surface area contributed by atoms with E-state index in [1.54, 1.807) is 12.1 Å². The van der Waals surface area contributed by atoms with Gasteiger partial charge in [-0.15, -0.1) is 0 Å². The highest BCUT2D eigenvalue weighted by Crippen LogP contribution is 2.24. The first-order chi connectivity index (χ1) is 15.9. The number of furan rings is 1. The number of unbranched alkanes of at least 4 members (excludes halogenated alkanes) is 2. The van der Waals surface area contributed by atoms with Gasteiger partial charge in [-0.25, -0.2) is 4.98 Å². The molecule has 0 radical (unpaired) electrons. The molecule has 172 valence electrons. The van der Waals surface area contributed by atoms with Crippen LogP contribution in [0.15, 0.2) is 71.3 Å². The van der Waals surface area contributed by atoms with Crippen molar-refractivity contribution < 1.29 is 9.21 Å². The van der Waals surface area contributed by atoms with Crippen LogP contribution in [0.1, 0.15) is 67.5 Å². The molecule has 5 nitrogen and oxygen atoms in total. The first kappa shape index (κ1) is 22.8. The minimum absolute atomic E-state index is 0.153. The Balaban J connectivity index is 1.36. The number of rotatable bonds is 9. The van der Waals surface area contributed by atoms with E-state index in [0.29, 0.717) is 12.3 Å². The summed E-state index contributed by atoms with van der Waals surface area (Å²) in [6.45, 7) is 8.19. The fraction of sp³-hybridized carbons (Fsp3) is 0.357. The lowest BCUT2D eigenvalue weighted by molar-refractivity contribution is 0.0925. The molecule has 0 saturated heterocycles. The van der Waals surface area contributed by atoms with Crippen molar-refractivity contribution in [3.8, 4) is 0 Å². The Hall–Kier alpha value is -3.34. The van der Waals surface area contributed by atoms with E-state index in [9.17, 15) is 4.79 Å². The highest BCUT2D eigenvalue weighted by molar-refractivity contribution is 5.91. The SMILES string of the molecule is CC(C)(C)c1ccc(Cn2c(CCCCCNC(=O)c3ccco3)nc3ccccc32)cc1. The lowest BCUT2D eigenvalue weighted by Crippen LogP contribution is -2.23. The van der Waals surface area contributed by atoms with Gasteiger partial charge in [0.25, 0.3) is 5.91 Å². The van der Waals surface area contributed by atoms with Crippen LogP contribution in [-0.4, -0.2) is 22.0 Å². The number of para-hydroxylation sites is 2. The number of aromatic nitrogens is 2. The van der Waals surface area contributed by atoms with Crippen LogP contribution in [0, 0.1) is 0 Å². The number of aryl methyl sites for hydroxylation is 1. The second-order valence-corrected chi connectivity index (χ2v) is 9.59. The zero-order valence-electron chi connectivity index (χ0n) is 19.8. The van der Waals surface area contributed by atoms with Crippen molar-refractivity contribution in [3.63, 3.8) is 0 Å². The van der Waals surface area contributed by atoms with Gasteiger partial charge in [0.05, 0.1) is 17.3 Å². The predicted octanol–water partition coefficient (Wildman–Crippen LogP) is 6.12. The van der Waals surface area contributed by atoms with Gasteiger partial charge in [-0.05, 0) is 53.6 Å². The van der Waals surface area contributed by atoms with Gasteiger partial charge in [0.2, 0.25) is 0 Å². The molecule has 0 saturated carbocycles. The van der Waals surface area contributed by atoms with Gasteiger partial charge in [0.15, 0.2) is 5.76 Å². The third-order valence-electron chi connectivity index (χ3n) is 6.00. The summed E-state index contributed by atoms with van der Waals surface area (Å²) in [5, 5.41) is 2.91. The molecule has 0 fully saturated rings. The molecule has 33 heavy (non-hydrogen) atoms. The smallest absolute Gasteiger partial charge is 0.286 e. The standard InChI is InChI=1S/C28H33N3O2/c1-28(2,3)22-16-14-21(15-17-22)20-31-24-11-7-6-10-23(24)30-26(31)13-5-4-8-18-29-27(32)25-12-9-19-33-25/h6-7,9-12,14-17,19H,4-5,8,13,18,20H2,1-3H3,(H,29,32). The van der Waals surface area contributed by atoms with Crippen LogP contribution in [0.4, 0.5) is 0 Å². The molecule has 1 N–H and O–H groups in total. The van der Waals surface area contributed by atoms with E-state index < -0.39 is 0 Å². The van der Waals surface area contributed by atoms with E-state index in [4.69, 9.17) is 9.40 Å². The third kappa shape index (κ3) is 5.72. The number of carbonyl (C=O) groups is 1. The summed E-state index contributed by atoms with van der Waals surface area (Å²) in [6.07, 6.45) is 5.42. The Morgan fingerprint density at radius 1 is 0.970 bits per heavy atom. The average Bonchev–Trinajstić information content (AvgIpc) is 3.45. The second-order valence-electron chi connectivity index (χ2n) is 9.59. The zero-order chi connectivity index (χ0) is 23.3. The van der Waals surface area contributed by atoms with E-state index in [1.165, 1.54) is 22.9 Å². The van der Waals surface area contributed by atoms with Crippen molar-refractivity contribution in [2.75, 3.05) is 6.54 Å². The van der Waals surface area contributed by atoms with Crippen molar-refractivity contribution >= 4 is 16.9 Å². The molecule has 0 spiro atoms. The highest BCUT2D eigenvalue weighted by atomic mass is 16.3. The maximum atomic E-state index is 11.9. The normalized spacial score (nSPS) is 11.7. The van der Waals surface area contributed by atoms with Crippen molar-refractivity contribution in [2.24, 2.45) is 0 Å². The summed E-state index contributed by atoms with van der Waals surface area (Å²) in [4.78, 5) is 16.9. The van der Waals surface area contributed by atoms with Gasteiger partial charge >= 0.3 is 0 Å². The van der Waals surface area contributed by atoms with Crippen LogP contribution in [0.25, 0.3) is 11.0 Å². The Labute approximate surface area is 195 Å². The maximum Gasteiger partial charge on any atom is 0.286 e. The molecule has 0 aliphatic heterocycles. The van der Waals surface area contributed by atoms with Crippen molar-refractivity contribution in [2.45, 2.75) is 58.4 Å². The number of hydrogen-bond donors (Lipinski definition) is 1. The van der Waals surface area contributed by atoms with E-state index in [-0.39, 0.29) is 11.3 Å². The minimum atomic E-state index is -0.153. The molecule has 0 aliphatic carbocycles.